The molecule has 0 aliphatic heterocycles. The Bertz CT molecular complexity index is 673. The summed E-state index contributed by atoms with van der Waals surface area (Å²) in [5, 5.41) is 72.8. The minimum atomic E-state index is -2.74. The third-order valence-corrected chi connectivity index (χ3v) is 2.56. The first-order chi connectivity index (χ1) is 16.7. The number of carboxylic acids is 8. The fraction of sp³-hybridized carbons (Fsp3) is 0.556. The maximum absolute atomic E-state index is 10.3. The van der Waals surface area contributed by atoms with E-state index in [-0.39, 0.29) is 25.7 Å². The summed E-state index contributed by atoms with van der Waals surface area (Å²) in [7, 11) is 0. The molecule has 0 amide bonds. The fourth-order valence-electron chi connectivity index (χ4n) is 1.14. The summed E-state index contributed by atoms with van der Waals surface area (Å²) in [6.45, 7) is 2.28. The van der Waals surface area contributed by atoms with Gasteiger partial charge in [-0.3, -0.25) is 33.6 Å². The second-order valence-corrected chi connectivity index (χ2v) is 6.15. The summed E-state index contributed by atoms with van der Waals surface area (Å²) in [5.41, 5.74) is 7.07. The van der Waals surface area contributed by atoms with Crippen molar-refractivity contribution in [1.29, 1.82) is 0 Å². The molecule has 0 aliphatic rings. The number of carboxylic acid groups (broad SMARTS) is 8. The van der Waals surface area contributed by atoms with E-state index in [0.29, 0.717) is 13.1 Å². The van der Waals surface area contributed by atoms with Crippen molar-refractivity contribution >= 4 is 47.8 Å². The smallest absolute Gasteiger partial charge is 0.336 e. The molecule has 0 aromatic heterocycles. The molecular weight excluding hydrogens is 516 g/mol. The van der Waals surface area contributed by atoms with Gasteiger partial charge in [0.15, 0.2) is 5.60 Å². The molecule has 19 nitrogen and oxygen atoms in total. The standard InChI is InChI=1S/C6H8O7.2C4H6O4.C2H8N2.C2H4O2/c7-3(8)1-6(13,5(11)12)2-4(9)10;2*5-3(6)1-2-4(7)8;3-1-2-4;1-2(3)4/h13H,1-2H2,(H,7,8)(H,9,10)(H,11,12);2*1-2H2,(H,5,6)(H,7,8);1-4H2;1H3,(H,3,4). The summed E-state index contributed by atoms with van der Waals surface area (Å²) in [6.07, 6.45) is -3.47. The molecule has 0 radical (unpaired) electrons. The second kappa shape index (κ2) is 26.2. The number of rotatable bonds is 12. The number of nitrogens with two attached hydrogens (primary N) is 2. The lowest BCUT2D eigenvalue weighted by Crippen LogP contribution is -2.42. The van der Waals surface area contributed by atoms with Crippen LogP contribution in [0.1, 0.15) is 45.4 Å². The fourth-order valence-corrected chi connectivity index (χ4v) is 1.14. The molecule has 0 fully saturated rings. The van der Waals surface area contributed by atoms with Crippen molar-refractivity contribution in [2.75, 3.05) is 13.1 Å². The van der Waals surface area contributed by atoms with Crippen LogP contribution in [0.25, 0.3) is 0 Å². The largest absolute Gasteiger partial charge is 0.481 e. The Kier molecular flexibility index (Phi) is 30.3. The van der Waals surface area contributed by atoms with Gasteiger partial charge < -0.3 is 57.4 Å². The summed E-state index contributed by atoms with van der Waals surface area (Å²) in [5.74, 6) is -10.2. The second-order valence-electron chi connectivity index (χ2n) is 6.15. The van der Waals surface area contributed by atoms with Gasteiger partial charge in [0.1, 0.15) is 0 Å². The van der Waals surface area contributed by atoms with Crippen molar-refractivity contribution in [3.63, 3.8) is 0 Å². The average molecular weight is 548 g/mol. The Hall–Kier alpha value is -4.36. The van der Waals surface area contributed by atoms with E-state index in [1.165, 1.54) is 0 Å². The Morgan fingerprint density at radius 2 is 0.703 bits per heavy atom. The topological polar surface area (TPSA) is 371 Å². The molecule has 0 atom stereocenters. The van der Waals surface area contributed by atoms with Gasteiger partial charge in [0.05, 0.1) is 38.5 Å². The van der Waals surface area contributed by atoms with E-state index < -0.39 is 66.2 Å². The van der Waals surface area contributed by atoms with E-state index in [2.05, 4.69) is 0 Å². The highest BCUT2D eigenvalue weighted by Crippen LogP contribution is 2.15. The van der Waals surface area contributed by atoms with E-state index in [1.807, 2.05) is 0 Å². The number of carbonyl (C=O) groups is 8. The quantitative estimate of drug-likeness (QED) is 0.121. The summed E-state index contributed by atoms with van der Waals surface area (Å²) in [4.78, 5) is 78.0. The summed E-state index contributed by atoms with van der Waals surface area (Å²) in [6, 6.07) is 0. The Labute approximate surface area is 208 Å². The molecule has 0 rings (SSSR count). The maximum Gasteiger partial charge on any atom is 0.336 e. The molecule has 0 aliphatic carbocycles. The third-order valence-electron chi connectivity index (χ3n) is 2.56. The molecule has 0 aromatic rings. The molecule has 216 valence electrons. The van der Waals surface area contributed by atoms with Gasteiger partial charge in [-0.15, -0.1) is 0 Å². The number of hydrogen-bond donors (Lipinski definition) is 11. The lowest BCUT2D eigenvalue weighted by Gasteiger charge is -2.18. The first-order valence-electron chi connectivity index (χ1n) is 9.54. The minimum Gasteiger partial charge on any atom is -0.481 e. The lowest BCUT2D eigenvalue weighted by molar-refractivity contribution is -0.170. The highest BCUT2D eigenvalue weighted by Gasteiger charge is 2.40. The van der Waals surface area contributed by atoms with Crippen LogP contribution in [0.4, 0.5) is 0 Å². The molecule has 0 heterocycles. The molecule has 0 spiro atoms. The van der Waals surface area contributed by atoms with E-state index in [1.54, 1.807) is 0 Å². The van der Waals surface area contributed by atoms with Crippen LogP contribution < -0.4 is 11.5 Å². The van der Waals surface area contributed by atoms with Crippen LogP contribution in [-0.2, 0) is 38.4 Å². The molecule has 0 saturated carbocycles. The Morgan fingerprint density at radius 1 is 0.514 bits per heavy atom. The lowest BCUT2D eigenvalue weighted by atomic mass is 9.96. The van der Waals surface area contributed by atoms with Gasteiger partial charge >= 0.3 is 41.8 Å². The molecule has 13 N–H and O–H groups in total. The van der Waals surface area contributed by atoms with Crippen LogP contribution in [0.15, 0.2) is 0 Å². The molecule has 0 unspecified atom stereocenters. The van der Waals surface area contributed by atoms with Crippen LogP contribution in [0.2, 0.25) is 0 Å². The highest BCUT2D eigenvalue weighted by atomic mass is 16.4. The Morgan fingerprint density at radius 3 is 0.784 bits per heavy atom. The van der Waals surface area contributed by atoms with E-state index in [4.69, 9.17) is 62.2 Å². The highest BCUT2D eigenvalue weighted by molar-refractivity contribution is 5.88. The van der Waals surface area contributed by atoms with Crippen LogP contribution in [0.3, 0.4) is 0 Å². The summed E-state index contributed by atoms with van der Waals surface area (Å²) < 4.78 is 0. The van der Waals surface area contributed by atoms with Crippen molar-refractivity contribution in [2.24, 2.45) is 11.5 Å². The van der Waals surface area contributed by atoms with Gasteiger partial charge in [-0.2, -0.15) is 0 Å². The van der Waals surface area contributed by atoms with Gasteiger partial charge in [-0.25, -0.2) is 4.79 Å². The van der Waals surface area contributed by atoms with Crippen molar-refractivity contribution in [1.82, 2.24) is 0 Å². The predicted molar refractivity (Wildman–Crippen MR) is 118 cm³/mol. The molecule has 0 aromatic carbocycles. The van der Waals surface area contributed by atoms with Crippen molar-refractivity contribution in [3.05, 3.63) is 0 Å². The van der Waals surface area contributed by atoms with Crippen molar-refractivity contribution < 1.29 is 84.3 Å². The zero-order valence-electron chi connectivity index (χ0n) is 19.6. The maximum atomic E-state index is 10.3. The van der Waals surface area contributed by atoms with Gasteiger partial charge in [0, 0.05) is 20.0 Å². The average Bonchev–Trinajstić information content (AvgIpc) is 2.70. The first kappa shape index (κ1) is 42.8. The summed E-state index contributed by atoms with van der Waals surface area (Å²) >= 11 is 0. The zero-order chi connectivity index (χ0) is 30.8. The number of aliphatic carboxylic acids is 8. The molecular formula is C18H32N2O17. The van der Waals surface area contributed by atoms with Crippen LogP contribution in [0.5, 0.6) is 0 Å². The third kappa shape index (κ3) is 54.2. The first-order valence-corrected chi connectivity index (χ1v) is 9.54. The van der Waals surface area contributed by atoms with E-state index in [9.17, 15) is 33.6 Å². The minimum absolute atomic E-state index is 0.296. The molecule has 37 heavy (non-hydrogen) atoms. The van der Waals surface area contributed by atoms with Gasteiger partial charge in [0.2, 0.25) is 0 Å². The van der Waals surface area contributed by atoms with Crippen molar-refractivity contribution in [2.45, 2.75) is 51.0 Å². The number of aliphatic hydroxyl groups is 1. The van der Waals surface area contributed by atoms with E-state index in [0.717, 1.165) is 6.92 Å². The molecule has 19 heteroatoms. The monoisotopic (exact) mass is 548 g/mol. The van der Waals surface area contributed by atoms with Gasteiger partial charge in [-0.1, -0.05) is 0 Å². The van der Waals surface area contributed by atoms with Gasteiger partial charge in [-0.05, 0) is 0 Å². The van der Waals surface area contributed by atoms with E-state index >= 15 is 0 Å². The number of hydrogen-bond acceptors (Lipinski definition) is 11. The van der Waals surface area contributed by atoms with Gasteiger partial charge in [0.25, 0.3) is 5.97 Å². The Balaban J connectivity index is -0.000000124. The molecule has 0 bridgehead atoms. The van der Waals surface area contributed by atoms with Crippen LogP contribution >= 0.6 is 0 Å². The SMILES string of the molecule is CC(=O)O.NCCN.O=C(O)CC(O)(CC(=O)O)C(=O)O.O=C(O)CCC(=O)O.O=C(O)CCC(=O)O. The zero-order valence-corrected chi connectivity index (χ0v) is 19.6. The van der Waals surface area contributed by atoms with Crippen LogP contribution in [0, 0.1) is 0 Å². The predicted octanol–water partition coefficient (Wildman–Crippen LogP) is -2.38. The van der Waals surface area contributed by atoms with Crippen LogP contribution in [-0.4, -0.2) is 112 Å². The normalized spacial score (nSPS) is 8.97. The molecule has 0 saturated heterocycles. The van der Waals surface area contributed by atoms with Crippen molar-refractivity contribution in [3.8, 4) is 0 Å².